The number of sulfonamides is 1. The van der Waals surface area contributed by atoms with Crippen LogP contribution in [0.5, 0.6) is 0 Å². The van der Waals surface area contributed by atoms with Crippen LogP contribution in [0.15, 0.2) is 29.2 Å². The van der Waals surface area contributed by atoms with Crippen molar-refractivity contribution in [2.24, 2.45) is 0 Å². The van der Waals surface area contributed by atoms with Crippen LogP contribution in [0.1, 0.15) is 6.42 Å². The van der Waals surface area contributed by atoms with E-state index in [9.17, 15) is 31.7 Å². The number of nitrogens with zero attached hydrogens (tertiary/aromatic N) is 1. The number of hydrogen-bond donors (Lipinski definition) is 1. The summed E-state index contributed by atoms with van der Waals surface area (Å²) >= 11 is 0. The summed E-state index contributed by atoms with van der Waals surface area (Å²) < 4.78 is 69.9. The van der Waals surface area contributed by atoms with Crippen molar-refractivity contribution in [3.8, 4) is 0 Å². The highest BCUT2D eigenvalue weighted by molar-refractivity contribution is 7.89. The van der Waals surface area contributed by atoms with E-state index in [4.69, 9.17) is 0 Å². The standard InChI is InChI=1S/C11H11F3N2O5S/c12-11(13,14)10(5-6-21-7-10)15-22(19,20)9-3-1-8(2-4-9)16(17)18/h1-4,15H,5-7H2/t10-/m0/s1. The molecule has 1 atom stereocenters. The first-order chi connectivity index (χ1) is 10.1. The van der Waals surface area contributed by atoms with Crippen molar-refractivity contribution in [3.63, 3.8) is 0 Å². The molecule has 11 heteroatoms. The third kappa shape index (κ3) is 3.05. The summed E-state index contributed by atoms with van der Waals surface area (Å²) in [5.74, 6) is 0. The van der Waals surface area contributed by atoms with Crippen LogP contribution in [-0.4, -0.2) is 38.3 Å². The first-order valence-electron chi connectivity index (χ1n) is 6.00. The molecule has 122 valence electrons. The smallest absolute Gasteiger partial charge is 0.379 e. The minimum atomic E-state index is -4.82. The number of ether oxygens (including phenoxy) is 1. The minimum Gasteiger partial charge on any atom is -0.379 e. The first-order valence-corrected chi connectivity index (χ1v) is 7.49. The molecule has 7 nitrogen and oxygen atoms in total. The second-order valence-corrected chi connectivity index (χ2v) is 6.42. The molecule has 1 aromatic carbocycles. The van der Waals surface area contributed by atoms with E-state index in [0.717, 1.165) is 24.3 Å². The molecule has 0 unspecified atom stereocenters. The molecule has 0 amide bonds. The first kappa shape index (κ1) is 16.6. The number of nitro benzene ring substituents is 1. The minimum absolute atomic E-state index is 0.220. The second-order valence-electron chi connectivity index (χ2n) is 4.74. The van der Waals surface area contributed by atoms with Gasteiger partial charge in [-0.1, -0.05) is 0 Å². The molecule has 1 N–H and O–H groups in total. The van der Waals surface area contributed by atoms with E-state index in [1.807, 2.05) is 0 Å². The molecule has 0 aromatic heterocycles. The van der Waals surface area contributed by atoms with Gasteiger partial charge in [0.25, 0.3) is 5.69 Å². The molecule has 0 radical (unpaired) electrons. The molecule has 0 aliphatic carbocycles. The highest BCUT2D eigenvalue weighted by atomic mass is 32.2. The van der Waals surface area contributed by atoms with Gasteiger partial charge in [0, 0.05) is 25.2 Å². The Balaban J connectivity index is 2.32. The van der Waals surface area contributed by atoms with Gasteiger partial charge in [-0.3, -0.25) is 10.1 Å². The molecule has 2 rings (SSSR count). The van der Waals surface area contributed by atoms with Gasteiger partial charge in [0.2, 0.25) is 10.0 Å². The average molecular weight is 340 g/mol. The summed E-state index contributed by atoms with van der Waals surface area (Å²) in [7, 11) is -4.50. The topological polar surface area (TPSA) is 98.5 Å². The second kappa shape index (κ2) is 5.48. The third-order valence-corrected chi connectivity index (χ3v) is 4.80. The van der Waals surface area contributed by atoms with E-state index in [1.165, 1.54) is 0 Å². The van der Waals surface area contributed by atoms with Gasteiger partial charge in [-0.2, -0.15) is 17.9 Å². The van der Waals surface area contributed by atoms with Gasteiger partial charge < -0.3 is 4.74 Å². The Bertz CT molecular complexity index is 666. The van der Waals surface area contributed by atoms with E-state index in [1.54, 1.807) is 4.72 Å². The number of nitrogens with one attached hydrogen (secondary N) is 1. The Hall–Kier alpha value is -1.72. The molecule has 1 heterocycles. The largest absolute Gasteiger partial charge is 0.409 e. The van der Waals surface area contributed by atoms with Gasteiger partial charge in [0.05, 0.1) is 16.4 Å². The van der Waals surface area contributed by atoms with Gasteiger partial charge in [0.15, 0.2) is 5.54 Å². The third-order valence-electron chi connectivity index (χ3n) is 3.25. The fourth-order valence-electron chi connectivity index (χ4n) is 1.99. The molecule has 0 bridgehead atoms. The lowest BCUT2D eigenvalue weighted by atomic mass is 10.0. The average Bonchev–Trinajstić information content (AvgIpc) is 2.87. The number of non-ortho nitro benzene ring substituents is 1. The fraction of sp³-hybridized carbons (Fsp3) is 0.455. The molecule has 1 aromatic rings. The highest BCUT2D eigenvalue weighted by Crippen LogP contribution is 2.38. The summed E-state index contributed by atoms with van der Waals surface area (Å²) in [6, 6.07) is 3.56. The Morgan fingerprint density at radius 3 is 2.27 bits per heavy atom. The van der Waals surface area contributed by atoms with Crippen LogP contribution >= 0.6 is 0 Å². The van der Waals surface area contributed by atoms with E-state index >= 15 is 0 Å². The van der Waals surface area contributed by atoms with Crippen molar-refractivity contribution in [2.75, 3.05) is 13.2 Å². The van der Waals surface area contributed by atoms with E-state index in [2.05, 4.69) is 4.74 Å². The van der Waals surface area contributed by atoms with Gasteiger partial charge >= 0.3 is 6.18 Å². The summed E-state index contributed by atoms with van der Waals surface area (Å²) in [4.78, 5) is 9.26. The number of nitro groups is 1. The number of benzene rings is 1. The zero-order valence-corrected chi connectivity index (χ0v) is 11.8. The summed E-state index contributed by atoms with van der Waals surface area (Å²) in [5.41, 5.74) is -3.05. The van der Waals surface area contributed by atoms with Crippen LogP contribution in [-0.2, 0) is 14.8 Å². The molecular formula is C11H11F3N2O5S. The summed E-state index contributed by atoms with van der Waals surface area (Å²) in [6.45, 7) is -1.04. The summed E-state index contributed by atoms with van der Waals surface area (Å²) in [6.07, 6.45) is -5.36. The number of rotatable bonds is 4. The van der Waals surface area contributed by atoms with Crippen LogP contribution < -0.4 is 4.72 Å². The maximum absolute atomic E-state index is 13.1. The SMILES string of the molecule is O=[N+]([O-])c1ccc(S(=O)(=O)N[C@@]2(C(F)(F)F)CCOC2)cc1. The van der Waals surface area contributed by atoms with Gasteiger partial charge in [-0.15, -0.1) is 0 Å². The molecule has 22 heavy (non-hydrogen) atoms. The van der Waals surface area contributed by atoms with E-state index in [-0.39, 0.29) is 12.3 Å². The molecule has 0 spiro atoms. The van der Waals surface area contributed by atoms with Gasteiger partial charge in [0.1, 0.15) is 0 Å². The van der Waals surface area contributed by atoms with Crippen molar-refractivity contribution >= 4 is 15.7 Å². The lowest BCUT2D eigenvalue weighted by molar-refractivity contribution is -0.384. The molecule has 1 aliphatic heterocycles. The molecule has 0 saturated carbocycles. The predicted molar refractivity (Wildman–Crippen MR) is 67.6 cm³/mol. The zero-order chi connectivity index (χ0) is 16.6. The lowest BCUT2D eigenvalue weighted by Crippen LogP contribution is -2.59. The van der Waals surface area contributed by atoms with Crippen molar-refractivity contribution in [1.29, 1.82) is 0 Å². The normalized spacial score (nSPS) is 22.7. The van der Waals surface area contributed by atoms with Crippen LogP contribution in [0.3, 0.4) is 0 Å². The highest BCUT2D eigenvalue weighted by Gasteiger charge is 2.59. The monoisotopic (exact) mass is 340 g/mol. The van der Waals surface area contributed by atoms with Crippen LogP contribution in [0.2, 0.25) is 0 Å². The fourth-order valence-corrected chi connectivity index (χ4v) is 3.39. The van der Waals surface area contributed by atoms with Crippen molar-refractivity contribution in [1.82, 2.24) is 4.72 Å². The van der Waals surface area contributed by atoms with Crippen molar-refractivity contribution in [2.45, 2.75) is 23.0 Å². The zero-order valence-electron chi connectivity index (χ0n) is 11.0. The Morgan fingerprint density at radius 1 is 1.27 bits per heavy atom. The molecule has 1 saturated heterocycles. The molecule has 1 aliphatic rings. The molecular weight excluding hydrogens is 329 g/mol. The van der Waals surface area contributed by atoms with Gasteiger partial charge in [-0.25, -0.2) is 8.42 Å². The maximum Gasteiger partial charge on any atom is 0.409 e. The van der Waals surface area contributed by atoms with Crippen LogP contribution in [0.25, 0.3) is 0 Å². The Morgan fingerprint density at radius 2 is 1.86 bits per heavy atom. The Kier molecular flexibility index (Phi) is 4.15. The maximum atomic E-state index is 13.1. The Labute approximate surface area is 123 Å². The van der Waals surface area contributed by atoms with Crippen molar-refractivity contribution in [3.05, 3.63) is 34.4 Å². The lowest BCUT2D eigenvalue weighted by Gasteiger charge is -2.30. The van der Waals surface area contributed by atoms with Crippen molar-refractivity contribution < 1.29 is 31.2 Å². The van der Waals surface area contributed by atoms with Gasteiger partial charge in [-0.05, 0) is 12.1 Å². The number of alkyl halides is 3. The number of hydrogen-bond acceptors (Lipinski definition) is 5. The summed E-state index contributed by atoms with van der Waals surface area (Å²) in [5, 5.41) is 10.5. The predicted octanol–water partition coefficient (Wildman–Crippen LogP) is 1.59. The quantitative estimate of drug-likeness (QED) is 0.663. The number of halogens is 3. The van der Waals surface area contributed by atoms with E-state index < -0.39 is 44.6 Å². The van der Waals surface area contributed by atoms with E-state index in [0.29, 0.717) is 0 Å². The molecule has 1 fully saturated rings. The van der Waals surface area contributed by atoms with Crippen LogP contribution in [0.4, 0.5) is 18.9 Å². The van der Waals surface area contributed by atoms with Crippen LogP contribution in [0, 0.1) is 10.1 Å².